The highest BCUT2D eigenvalue weighted by Crippen LogP contribution is 2.51. The number of piperidine rings is 1. The standard InChI is InChI=1S/C36H44BClN2O6/c1-3-23(17-25-10-11-28(41)19-31(25)38)9-12-32-33-26(22-45-2)18-29-34(30(33)20-37(44)46-32)36(43)40(35(29)42)27-13-15-39(16-14-27)21-24-7-5-4-6-8-24/h4-8,10-11,17,19,27,29-30,32,34,41,44H,3,9,12-16,18,20-22H2,1-2H3/b23-17+/t29-,30+,32-,34-/m1/s1. The number of phenolic OH excluding ortho intramolecular Hbond substituents is 1. The third kappa shape index (κ3) is 6.85. The molecule has 3 aliphatic heterocycles. The molecule has 2 aromatic rings. The van der Waals surface area contributed by atoms with Crippen LogP contribution in [0.1, 0.15) is 56.6 Å². The average molecular weight is 647 g/mol. The molecule has 244 valence electrons. The van der Waals surface area contributed by atoms with Gasteiger partial charge in [0.2, 0.25) is 11.8 Å². The Morgan fingerprint density at radius 3 is 2.57 bits per heavy atom. The van der Waals surface area contributed by atoms with Crippen LogP contribution < -0.4 is 0 Å². The zero-order valence-electron chi connectivity index (χ0n) is 26.7. The van der Waals surface area contributed by atoms with Gasteiger partial charge in [0.05, 0.1) is 29.6 Å². The molecule has 0 radical (unpaired) electrons. The van der Waals surface area contributed by atoms with Gasteiger partial charge in [0.25, 0.3) is 0 Å². The fourth-order valence-corrected chi connectivity index (χ4v) is 8.38. The smallest absolute Gasteiger partial charge is 0.455 e. The van der Waals surface area contributed by atoms with Crippen LogP contribution >= 0.6 is 11.6 Å². The lowest BCUT2D eigenvalue weighted by Gasteiger charge is -2.43. The van der Waals surface area contributed by atoms with Crippen LogP contribution in [-0.4, -0.2) is 77.8 Å². The summed E-state index contributed by atoms with van der Waals surface area (Å²) < 4.78 is 11.8. The highest BCUT2D eigenvalue weighted by molar-refractivity contribution is 6.43. The van der Waals surface area contributed by atoms with Gasteiger partial charge in [-0.3, -0.25) is 19.4 Å². The predicted molar refractivity (Wildman–Crippen MR) is 179 cm³/mol. The first-order chi connectivity index (χ1) is 22.3. The van der Waals surface area contributed by atoms with Crippen LogP contribution in [0.15, 0.2) is 65.3 Å². The molecule has 0 aromatic heterocycles. The van der Waals surface area contributed by atoms with Crippen molar-refractivity contribution >= 4 is 36.6 Å². The number of methoxy groups -OCH3 is 1. The van der Waals surface area contributed by atoms with E-state index in [2.05, 4.69) is 36.1 Å². The number of amides is 2. The van der Waals surface area contributed by atoms with E-state index in [0.29, 0.717) is 37.2 Å². The first-order valence-electron chi connectivity index (χ1n) is 16.6. The monoisotopic (exact) mass is 646 g/mol. The number of hydrogen-bond donors (Lipinski definition) is 2. The molecule has 8 nitrogen and oxygen atoms in total. The maximum Gasteiger partial charge on any atom is 0.455 e. The van der Waals surface area contributed by atoms with Crippen molar-refractivity contribution in [2.75, 3.05) is 26.8 Å². The molecule has 6 rings (SSSR count). The number of aromatic hydroxyl groups is 1. The van der Waals surface area contributed by atoms with Crippen LogP contribution in [-0.2, 0) is 25.5 Å². The van der Waals surface area contributed by atoms with Crippen LogP contribution in [0.5, 0.6) is 5.75 Å². The molecule has 1 aliphatic carbocycles. The molecular formula is C36H44BClN2O6. The number of phenols is 1. The Bertz CT molecular complexity index is 1490. The molecule has 3 heterocycles. The van der Waals surface area contributed by atoms with Crippen LogP contribution in [0, 0.1) is 17.8 Å². The molecule has 4 aliphatic rings. The van der Waals surface area contributed by atoms with Crippen LogP contribution in [0.3, 0.4) is 0 Å². The minimum Gasteiger partial charge on any atom is -0.508 e. The number of ether oxygens (including phenoxy) is 1. The summed E-state index contributed by atoms with van der Waals surface area (Å²) in [4.78, 5) is 32.2. The van der Waals surface area contributed by atoms with E-state index in [-0.39, 0.29) is 35.6 Å². The normalized spacial score (nSPS) is 26.1. The number of hydrogen-bond acceptors (Lipinski definition) is 7. The Labute approximate surface area is 277 Å². The van der Waals surface area contributed by atoms with Gasteiger partial charge in [0, 0.05) is 32.8 Å². The molecular weight excluding hydrogens is 603 g/mol. The van der Waals surface area contributed by atoms with Crippen LogP contribution in [0.4, 0.5) is 0 Å². The predicted octanol–water partition coefficient (Wildman–Crippen LogP) is 5.73. The van der Waals surface area contributed by atoms with Gasteiger partial charge in [0.15, 0.2) is 0 Å². The van der Waals surface area contributed by atoms with Gasteiger partial charge in [-0.25, -0.2) is 0 Å². The zero-order chi connectivity index (χ0) is 32.4. The van der Waals surface area contributed by atoms with Crippen LogP contribution in [0.25, 0.3) is 6.08 Å². The summed E-state index contributed by atoms with van der Waals surface area (Å²) >= 11 is 6.38. The van der Waals surface area contributed by atoms with Gasteiger partial charge in [-0.1, -0.05) is 60.5 Å². The van der Waals surface area contributed by atoms with Crippen molar-refractivity contribution in [2.24, 2.45) is 17.8 Å². The summed E-state index contributed by atoms with van der Waals surface area (Å²) in [6, 6.07) is 15.2. The van der Waals surface area contributed by atoms with E-state index in [9.17, 15) is 19.7 Å². The average Bonchev–Trinajstić information content (AvgIpc) is 3.30. The van der Waals surface area contributed by atoms with Gasteiger partial charge in [0.1, 0.15) is 5.75 Å². The molecule has 10 heteroatoms. The molecule has 0 spiro atoms. The van der Waals surface area contributed by atoms with E-state index in [1.165, 1.54) is 11.6 Å². The molecule has 2 N–H and O–H groups in total. The molecule has 3 saturated heterocycles. The summed E-state index contributed by atoms with van der Waals surface area (Å²) in [6.45, 7) is 5.00. The number of rotatable bonds is 10. The summed E-state index contributed by atoms with van der Waals surface area (Å²) in [5, 5.41) is 21.2. The number of carbonyl (C=O) groups is 2. The summed E-state index contributed by atoms with van der Waals surface area (Å²) in [7, 11) is 0.638. The second kappa shape index (κ2) is 14.4. The molecule has 2 amide bonds. The summed E-state index contributed by atoms with van der Waals surface area (Å²) in [6.07, 6.45) is 6.10. The maximum absolute atomic E-state index is 14.2. The number of imide groups is 1. The second-order valence-corrected chi connectivity index (χ2v) is 13.6. The first-order valence-corrected chi connectivity index (χ1v) is 17.0. The van der Waals surface area contributed by atoms with Gasteiger partial charge in [-0.15, -0.1) is 0 Å². The van der Waals surface area contributed by atoms with Crippen molar-refractivity contribution < 1.29 is 29.1 Å². The van der Waals surface area contributed by atoms with E-state index < -0.39 is 19.0 Å². The second-order valence-electron chi connectivity index (χ2n) is 13.2. The number of carbonyl (C=O) groups excluding carboxylic acids is 2. The highest BCUT2D eigenvalue weighted by atomic mass is 35.5. The number of halogens is 1. The zero-order valence-corrected chi connectivity index (χ0v) is 27.5. The van der Waals surface area contributed by atoms with Crippen molar-refractivity contribution in [1.82, 2.24) is 9.80 Å². The Morgan fingerprint density at radius 2 is 1.87 bits per heavy atom. The highest BCUT2D eigenvalue weighted by Gasteiger charge is 2.58. The number of benzene rings is 2. The third-order valence-electron chi connectivity index (χ3n) is 10.4. The van der Waals surface area contributed by atoms with E-state index in [4.69, 9.17) is 21.0 Å². The lowest BCUT2D eigenvalue weighted by atomic mass is 9.58. The fourth-order valence-electron chi connectivity index (χ4n) is 8.15. The SMILES string of the molecule is CC/C(=C\c1ccc(O)cc1Cl)CC[C@H]1OB(O)C[C@H]2C1=C(COC)C[C@H]1C(=O)N(C3CCN(Cc4ccccc4)CC3)C(=O)[C@H]12. The van der Waals surface area contributed by atoms with Crippen molar-refractivity contribution in [3.05, 3.63) is 81.4 Å². The van der Waals surface area contributed by atoms with Gasteiger partial charge >= 0.3 is 7.12 Å². The molecule has 0 unspecified atom stereocenters. The summed E-state index contributed by atoms with van der Waals surface area (Å²) in [5.41, 5.74) is 5.32. The molecule has 0 saturated carbocycles. The van der Waals surface area contributed by atoms with E-state index in [1.54, 1.807) is 24.1 Å². The molecule has 3 fully saturated rings. The van der Waals surface area contributed by atoms with Crippen molar-refractivity contribution in [3.8, 4) is 5.75 Å². The number of likely N-dealkylation sites (tertiary alicyclic amines) is 2. The minimum absolute atomic E-state index is 0.0660. The quantitative estimate of drug-likeness (QED) is 0.193. The Kier molecular flexibility index (Phi) is 10.4. The van der Waals surface area contributed by atoms with Gasteiger partial charge < -0.3 is 19.5 Å². The van der Waals surface area contributed by atoms with Crippen molar-refractivity contribution in [2.45, 2.75) is 70.5 Å². The van der Waals surface area contributed by atoms with Gasteiger partial charge in [-0.2, -0.15) is 0 Å². The lowest BCUT2D eigenvalue weighted by molar-refractivity contribution is -0.144. The molecule has 4 atom stereocenters. The molecule has 46 heavy (non-hydrogen) atoms. The lowest BCUT2D eigenvalue weighted by Crippen LogP contribution is -2.48. The molecule has 0 bridgehead atoms. The Balaban J connectivity index is 1.19. The van der Waals surface area contributed by atoms with E-state index in [1.807, 2.05) is 12.1 Å². The Morgan fingerprint density at radius 1 is 1.11 bits per heavy atom. The number of nitrogens with zero attached hydrogens (tertiary/aromatic N) is 2. The van der Waals surface area contributed by atoms with Crippen molar-refractivity contribution in [3.63, 3.8) is 0 Å². The number of allylic oxidation sites excluding steroid dienone is 1. The third-order valence-corrected chi connectivity index (χ3v) is 10.7. The van der Waals surface area contributed by atoms with E-state index >= 15 is 0 Å². The van der Waals surface area contributed by atoms with Gasteiger partial charge in [-0.05, 0) is 91.2 Å². The summed E-state index contributed by atoms with van der Waals surface area (Å²) in [5.74, 6) is -1.21. The Hall–Kier alpha value is -2.95. The fraction of sp³-hybridized carbons (Fsp3) is 0.500. The van der Waals surface area contributed by atoms with Crippen LogP contribution in [0.2, 0.25) is 11.3 Å². The first kappa shape index (κ1) is 33.0. The molecule has 2 aromatic carbocycles. The largest absolute Gasteiger partial charge is 0.508 e. The van der Waals surface area contributed by atoms with Crippen molar-refractivity contribution in [1.29, 1.82) is 0 Å². The van der Waals surface area contributed by atoms with E-state index in [0.717, 1.165) is 61.2 Å². The minimum atomic E-state index is -1.01. The number of fused-ring (bicyclic) bond motifs is 3. The topological polar surface area (TPSA) is 99.5 Å². The maximum atomic E-state index is 14.2.